The maximum Gasteiger partial charge on any atom is 0.271 e. The summed E-state index contributed by atoms with van der Waals surface area (Å²) in [5.74, 6) is -0.124. The minimum atomic E-state index is -3.43. The zero-order valence-corrected chi connectivity index (χ0v) is 8.60. The topological polar surface area (TPSA) is 43.4 Å². The Hall–Kier alpha value is -0.580. The minimum absolute atomic E-state index is 0.124. The van der Waals surface area contributed by atoms with Gasteiger partial charge in [0, 0.05) is 5.02 Å². The predicted octanol–water partition coefficient (Wildman–Crippen LogP) is 1.82. The molecule has 0 saturated carbocycles. The van der Waals surface area contributed by atoms with Crippen LogP contribution in [-0.4, -0.2) is 15.5 Å². The highest BCUT2D eigenvalue weighted by Crippen LogP contribution is 2.12. The van der Waals surface area contributed by atoms with Crippen LogP contribution >= 0.6 is 11.6 Å². The van der Waals surface area contributed by atoms with Crippen molar-refractivity contribution in [2.24, 2.45) is 0 Å². The fraction of sp³-hybridized carbons (Fsp3) is 0.250. The average molecular weight is 221 g/mol. The minimum Gasteiger partial charge on any atom is -0.273 e. The van der Waals surface area contributed by atoms with Gasteiger partial charge in [0.2, 0.25) is 0 Å². The first-order valence-electron chi connectivity index (χ1n) is 3.56. The lowest BCUT2D eigenvalue weighted by molar-refractivity contribution is 0.397. The second-order valence-corrected chi connectivity index (χ2v) is 4.67. The Bertz CT molecular complexity index is 369. The molecule has 3 nitrogen and oxygen atoms in total. The van der Waals surface area contributed by atoms with Crippen LogP contribution in [0.5, 0.6) is 0 Å². The Labute approximate surface area is 82.4 Å². The van der Waals surface area contributed by atoms with Crippen LogP contribution in [0.25, 0.3) is 0 Å². The third-order valence-electron chi connectivity index (χ3n) is 1.51. The summed E-state index contributed by atoms with van der Waals surface area (Å²) in [5, 5.41) is 0.582. The Morgan fingerprint density at radius 1 is 1.31 bits per heavy atom. The second-order valence-electron chi connectivity index (χ2n) is 2.50. The Morgan fingerprint density at radius 2 is 1.85 bits per heavy atom. The largest absolute Gasteiger partial charge is 0.273 e. The maximum absolute atomic E-state index is 11.0. The van der Waals surface area contributed by atoms with E-state index in [0.29, 0.717) is 10.6 Å². The van der Waals surface area contributed by atoms with Crippen LogP contribution in [0.3, 0.4) is 0 Å². The van der Waals surface area contributed by atoms with Gasteiger partial charge in [-0.05, 0) is 17.7 Å². The molecule has 1 aromatic rings. The summed E-state index contributed by atoms with van der Waals surface area (Å²) in [6.45, 7) is 0. The highest BCUT2D eigenvalue weighted by Gasteiger charge is 2.09. The van der Waals surface area contributed by atoms with Crippen LogP contribution in [-0.2, 0) is 20.1 Å². The van der Waals surface area contributed by atoms with Gasteiger partial charge in [-0.3, -0.25) is 4.18 Å². The molecule has 0 aliphatic carbocycles. The third-order valence-corrected chi connectivity index (χ3v) is 2.96. The van der Waals surface area contributed by atoms with E-state index < -0.39 is 10.1 Å². The highest BCUT2D eigenvalue weighted by atomic mass is 35.5. The first-order chi connectivity index (χ1) is 6.03. The summed E-state index contributed by atoms with van der Waals surface area (Å²) in [5.41, 5.74) is 0.659. The first kappa shape index (κ1) is 10.5. The highest BCUT2D eigenvalue weighted by molar-refractivity contribution is 7.85. The maximum atomic E-state index is 11.0. The summed E-state index contributed by atoms with van der Waals surface area (Å²) in [7, 11) is -2.28. The number of hydrogen-bond donors (Lipinski definition) is 0. The van der Waals surface area contributed by atoms with Crippen molar-refractivity contribution < 1.29 is 12.6 Å². The molecule has 0 aliphatic rings. The molecular weight excluding hydrogens is 212 g/mol. The smallest absolute Gasteiger partial charge is 0.271 e. The molecule has 1 aromatic carbocycles. The van der Waals surface area contributed by atoms with E-state index in [1.807, 2.05) is 0 Å². The molecule has 5 heteroatoms. The second kappa shape index (κ2) is 4.09. The van der Waals surface area contributed by atoms with E-state index in [-0.39, 0.29) is 5.75 Å². The molecule has 0 saturated heterocycles. The van der Waals surface area contributed by atoms with E-state index in [4.69, 9.17) is 11.6 Å². The Balaban J connectivity index is 2.82. The third kappa shape index (κ3) is 3.34. The molecule has 72 valence electrons. The van der Waals surface area contributed by atoms with Crippen molar-refractivity contribution in [2.45, 2.75) is 5.75 Å². The quantitative estimate of drug-likeness (QED) is 0.730. The SMILES string of the molecule is COS(=O)(=O)Cc1ccc(Cl)cc1. The summed E-state index contributed by atoms with van der Waals surface area (Å²) in [6, 6.07) is 6.59. The Morgan fingerprint density at radius 3 is 2.31 bits per heavy atom. The summed E-state index contributed by atoms with van der Waals surface area (Å²) in [4.78, 5) is 0. The molecule has 0 N–H and O–H groups in total. The van der Waals surface area contributed by atoms with E-state index in [0.717, 1.165) is 7.11 Å². The van der Waals surface area contributed by atoms with Gasteiger partial charge in [-0.15, -0.1) is 0 Å². The van der Waals surface area contributed by atoms with E-state index in [9.17, 15) is 8.42 Å². The van der Waals surface area contributed by atoms with E-state index in [2.05, 4.69) is 4.18 Å². The van der Waals surface area contributed by atoms with Crippen molar-refractivity contribution in [3.8, 4) is 0 Å². The van der Waals surface area contributed by atoms with Gasteiger partial charge in [0.05, 0.1) is 7.11 Å². The van der Waals surface area contributed by atoms with Crippen molar-refractivity contribution in [1.82, 2.24) is 0 Å². The van der Waals surface area contributed by atoms with Crippen LogP contribution < -0.4 is 0 Å². The number of benzene rings is 1. The van der Waals surface area contributed by atoms with Crippen molar-refractivity contribution in [1.29, 1.82) is 0 Å². The molecule has 0 unspecified atom stereocenters. The molecule has 0 aromatic heterocycles. The van der Waals surface area contributed by atoms with Gasteiger partial charge in [-0.25, -0.2) is 0 Å². The lowest BCUT2D eigenvalue weighted by atomic mass is 10.2. The average Bonchev–Trinajstić information content (AvgIpc) is 2.09. The van der Waals surface area contributed by atoms with Gasteiger partial charge in [-0.2, -0.15) is 8.42 Å². The molecule has 0 bridgehead atoms. The van der Waals surface area contributed by atoms with Gasteiger partial charge in [-0.1, -0.05) is 23.7 Å². The molecule has 0 atom stereocenters. The fourth-order valence-electron chi connectivity index (χ4n) is 0.844. The number of hydrogen-bond acceptors (Lipinski definition) is 3. The van der Waals surface area contributed by atoms with Crippen LogP contribution in [0.15, 0.2) is 24.3 Å². The van der Waals surface area contributed by atoms with Gasteiger partial charge in [0.1, 0.15) is 5.75 Å². The molecule has 1 rings (SSSR count). The van der Waals surface area contributed by atoms with Crippen molar-refractivity contribution in [3.63, 3.8) is 0 Å². The standard InChI is InChI=1S/C8H9ClO3S/c1-12-13(10,11)6-7-2-4-8(9)5-3-7/h2-5H,6H2,1H3. The fourth-order valence-corrected chi connectivity index (χ4v) is 1.69. The molecule has 0 aliphatic heterocycles. The van der Waals surface area contributed by atoms with Gasteiger partial charge >= 0.3 is 0 Å². The van der Waals surface area contributed by atoms with Crippen molar-refractivity contribution in [2.75, 3.05) is 7.11 Å². The summed E-state index contributed by atoms with van der Waals surface area (Å²) < 4.78 is 26.3. The van der Waals surface area contributed by atoms with Crippen molar-refractivity contribution in [3.05, 3.63) is 34.9 Å². The first-order valence-corrected chi connectivity index (χ1v) is 5.52. The predicted molar refractivity (Wildman–Crippen MR) is 51.1 cm³/mol. The van der Waals surface area contributed by atoms with Crippen LogP contribution in [0.2, 0.25) is 5.02 Å². The van der Waals surface area contributed by atoms with Gasteiger partial charge in [0.25, 0.3) is 10.1 Å². The summed E-state index contributed by atoms with van der Waals surface area (Å²) in [6.07, 6.45) is 0. The normalized spacial score (nSPS) is 11.5. The molecule has 0 spiro atoms. The number of halogens is 1. The van der Waals surface area contributed by atoms with Gasteiger partial charge in [0.15, 0.2) is 0 Å². The van der Waals surface area contributed by atoms with E-state index >= 15 is 0 Å². The van der Waals surface area contributed by atoms with Gasteiger partial charge < -0.3 is 0 Å². The van der Waals surface area contributed by atoms with Crippen LogP contribution in [0, 0.1) is 0 Å². The van der Waals surface area contributed by atoms with Crippen LogP contribution in [0.1, 0.15) is 5.56 Å². The lowest BCUT2D eigenvalue weighted by Crippen LogP contribution is -2.05. The zero-order valence-electron chi connectivity index (χ0n) is 7.03. The van der Waals surface area contributed by atoms with Crippen LogP contribution in [0.4, 0.5) is 0 Å². The lowest BCUT2D eigenvalue weighted by Gasteiger charge is -2.00. The Kier molecular flexibility index (Phi) is 3.30. The van der Waals surface area contributed by atoms with E-state index in [1.54, 1.807) is 24.3 Å². The zero-order chi connectivity index (χ0) is 9.90. The summed E-state index contributed by atoms with van der Waals surface area (Å²) >= 11 is 5.64. The van der Waals surface area contributed by atoms with E-state index in [1.165, 1.54) is 0 Å². The molecule has 0 radical (unpaired) electrons. The molecule has 0 heterocycles. The monoisotopic (exact) mass is 220 g/mol. The molecule has 0 fully saturated rings. The van der Waals surface area contributed by atoms with Crippen molar-refractivity contribution >= 4 is 21.7 Å². The molecular formula is C8H9ClO3S. The molecule has 13 heavy (non-hydrogen) atoms. The number of rotatable bonds is 3. The molecule has 0 amide bonds.